The molecule has 2 heteroatoms. The van der Waals surface area contributed by atoms with Gasteiger partial charge in [-0.2, -0.15) is 0 Å². The molecule has 1 unspecified atom stereocenters. The van der Waals surface area contributed by atoms with Gasteiger partial charge in [0.25, 0.3) is 0 Å². The molecule has 0 radical (unpaired) electrons. The first-order valence-corrected chi connectivity index (χ1v) is 8.37. The number of rotatable bonds is 4. The van der Waals surface area contributed by atoms with Gasteiger partial charge in [0.1, 0.15) is 5.75 Å². The number of hydrogen-bond donors (Lipinski definition) is 0. The summed E-state index contributed by atoms with van der Waals surface area (Å²) in [5, 5.41) is 0. The molecule has 0 fully saturated rings. The van der Waals surface area contributed by atoms with Gasteiger partial charge in [0.2, 0.25) is 0 Å². The molecule has 1 aliphatic carbocycles. The summed E-state index contributed by atoms with van der Waals surface area (Å²) >= 11 is 0. The predicted octanol–water partition coefficient (Wildman–Crippen LogP) is 5.47. The van der Waals surface area contributed by atoms with E-state index < -0.39 is 0 Å². The molecule has 0 aromatic heterocycles. The Kier molecular flexibility index (Phi) is 4.89. The fourth-order valence-electron chi connectivity index (χ4n) is 3.03. The van der Waals surface area contributed by atoms with Crippen molar-refractivity contribution in [3.05, 3.63) is 65.8 Å². The standard InChI is InChI=1S/C22H28O2/c1-8-22(5,6)18-14-15(13-17(20(18)23)21(2,3)4)16-11-9-10-12-19(16)24-7/h8-15H,1H2,2-7H3. The Bertz CT molecular complexity index is 712. The number of ketones is 1. The lowest BCUT2D eigenvalue weighted by Crippen LogP contribution is -2.29. The van der Waals surface area contributed by atoms with Gasteiger partial charge in [-0.25, -0.2) is 0 Å². The SMILES string of the molecule is C=CC(C)(C)C1=CC(c2ccccc2OC)C=C(C(C)(C)C)C1=O. The molecule has 1 aromatic rings. The number of carbonyl (C=O) groups is 1. The third kappa shape index (κ3) is 3.38. The summed E-state index contributed by atoms with van der Waals surface area (Å²) in [5.74, 6) is 0.981. The molecule has 1 aromatic carbocycles. The quantitative estimate of drug-likeness (QED) is 0.686. The van der Waals surface area contributed by atoms with Crippen molar-refractivity contribution >= 4 is 5.78 Å². The number of para-hydroxylation sites is 1. The topological polar surface area (TPSA) is 26.3 Å². The van der Waals surface area contributed by atoms with E-state index in [4.69, 9.17) is 4.74 Å². The van der Waals surface area contributed by atoms with E-state index in [1.807, 2.05) is 38.1 Å². The van der Waals surface area contributed by atoms with Crippen LogP contribution in [0.1, 0.15) is 46.1 Å². The van der Waals surface area contributed by atoms with Crippen LogP contribution in [-0.2, 0) is 4.79 Å². The van der Waals surface area contributed by atoms with Gasteiger partial charge in [-0.15, -0.1) is 6.58 Å². The average molecular weight is 324 g/mol. The average Bonchev–Trinajstić information content (AvgIpc) is 2.53. The van der Waals surface area contributed by atoms with E-state index in [9.17, 15) is 4.79 Å². The highest BCUT2D eigenvalue weighted by molar-refractivity contribution is 6.11. The normalized spacial score (nSPS) is 18.8. The minimum Gasteiger partial charge on any atom is -0.496 e. The van der Waals surface area contributed by atoms with Crippen LogP contribution < -0.4 is 4.74 Å². The number of allylic oxidation sites excluding steroid dienone is 5. The lowest BCUT2D eigenvalue weighted by Gasteiger charge is -2.33. The zero-order valence-corrected chi connectivity index (χ0v) is 15.6. The van der Waals surface area contributed by atoms with Crippen LogP contribution in [0.5, 0.6) is 5.75 Å². The molecule has 0 aliphatic heterocycles. The molecule has 0 saturated heterocycles. The van der Waals surface area contributed by atoms with E-state index in [2.05, 4.69) is 45.6 Å². The van der Waals surface area contributed by atoms with E-state index in [1.54, 1.807) is 7.11 Å². The first kappa shape index (κ1) is 18.3. The first-order chi connectivity index (χ1) is 11.1. The molecule has 2 rings (SSSR count). The number of methoxy groups -OCH3 is 1. The first-order valence-electron chi connectivity index (χ1n) is 8.37. The van der Waals surface area contributed by atoms with Gasteiger partial charge < -0.3 is 4.74 Å². The van der Waals surface area contributed by atoms with E-state index >= 15 is 0 Å². The highest BCUT2D eigenvalue weighted by atomic mass is 16.5. The molecule has 0 bridgehead atoms. The van der Waals surface area contributed by atoms with Crippen LogP contribution in [0.3, 0.4) is 0 Å². The monoisotopic (exact) mass is 324 g/mol. The number of Topliss-reactive ketones (excluding diaryl/α,β-unsaturated/α-hetero) is 1. The summed E-state index contributed by atoms with van der Waals surface area (Å²) in [5.41, 5.74) is 2.15. The largest absolute Gasteiger partial charge is 0.496 e. The van der Waals surface area contributed by atoms with Crippen LogP contribution in [-0.4, -0.2) is 12.9 Å². The third-order valence-electron chi connectivity index (χ3n) is 4.69. The molecule has 24 heavy (non-hydrogen) atoms. The van der Waals surface area contributed by atoms with E-state index in [0.717, 1.165) is 22.5 Å². The Hall–Kier alpha value is -2.09. The van der Waals surface area contributed by atoms with Crippen molar-refractivity contribution in [1.82, 2.24) is 0 Å². The maximum Gasteiger partial charge on any atom is 0.185 e. The van der Waals surface area contributed by atoms with E-state index in [-0.39, 0.29) is 22.5 Å². The lowest BCUT2D eigenvalue weighted by molar-refractivity contribution is -0.114. The molecule has 1 aliphatic rings. The van der Waals surface area contributed by atoms with Gasteiger partial charge in [0.05, 0.1) is 7.11 Å². The summed E-state index contributed by atoms with van der Waals surface area (Å²) in [6.07, 6.45) is 6.00. The minimum atomic E-state index is -0.373. The Morgan fingerprint density at radius 3 is 2.17 bits per heavy atom. The number of benzene rings is 1. The maximum atomic E-state index is 13.1. The molecule has 0 saturated carbocycles. The number of ether oxygens (including phenoxy) is 1. The zero-order valence-electron chi connectivity index (χ0n) is 15.6. The summed E-state index contributed by atoms with van der Waals surface area (Å²) in [6.45, 7) is 14.2. The van der Waals surface area contributed by atoms with Crippen LogP contribution in [0.2, 0.25) is 0 Å². The highest BCUT2D eigenvalue weighted by Crippen LogP contribution is 2.43. The summed E-state index contributed by atoms with van der Waals surface area (Å²) in [7, 11) is 1.68. The highest BCUT2D eigenvalue weighted by Gasteiger charge is 2.36. The Labute approximate surface area is 145 Å². The molecular weight excluding hydrogens is 296 g/mol. The predicted molar refractivity (Wildman–Crippen MR) is 100 cm³/mol. The van der Waals surface area contributed by atoms with Crippen molar-refractivity contribution in [1.29, 1.82) is 0 Å². The molecular formula is C22H28O2. The summed E-state index contributed by atoms with van der Waals surface area (Å²) in [6, 6.07) is 7.99. The van der Waals surface area contributed by atoms with Crippen molar-refractivity contribution in [2.45, 2.75) is 40.5 Å². The zero-order chi connectivity index (χ0) is 18.1. The fraction of sp³-hybridized carbons (Fsp3) is 0.409. The molecule has 0 N–H and O–H groups in total. The van der Waals surface area contributed by atoms with Gasteiger partial charge in [0.15, 0.2) is 5.78 Å². The molecule has 0 amide bonds. The van der Waals surface area contributed by atoms with Crippen molar-refractivity contribution in [2.75, 3.05) is 7.11 Å². The van der Waals surface area contributed by atoms with Gasteiger partial charge >= 0.3 is 0 Å². The van der Waals surface area contributed by atoms with Crippen molar-refractivity contribution in [3.63, 3.8) is 0 Å². The molecule has 0 spiro atoms. The molecule has 1 atom stereocenters. The van der Waals surface area contributed by atoms with Crippen LogP contribution >= 0.6 is 0 Å². The van der Waals surface area contributed by atoms with Crippen LogP contribution in [0.4, 0.5) is 0 Å². The van der Waals surface area contributed by atoms with Gasteiger partial charge in [-0.05, 0) is 11.5 Å². The van der Waals surface area contributed by atoms with Crippen molar-refractivity contribution in [2.24, 2.45) is 10.8 Å². The molecule has 128 valence electrons. The van der Waals surface area contributed by atoms with Crippen LogP contribution in [0.25, 0.3) is 0 Å². The summed E-state index contributed by atoms with van der Waals surface area (Å²) in [4.78, 5) is 13.1. The number of carbonyl (C=O) groups excluding carboxylic acids is 1. The van der Waals surface area contributed by atoms with E-state index in [1.165, 1.54) is 0 Å². The van der Waals surface area contributed by atoms with E-state index in [0.29, 0.717) is 0 Å². The smallest absolute Gasteiger partial charge is 0.185 e. The van der Waals surface area contributed by atoms with Gasteiger partial charge in [0, 0.05) is 28.0 Å². The second kappa shape index (κ2) is 6.43. The second-order valence-electron chi connectivity index (χ2n) is 7.93. The Morgan fingerprint density at radius 2 is 1.62 bits per heavy atom. The van der Waals surface area contributed by atoms with Gasteiger partial charge in [-0.1, -0.05) is 71.0 Å². The molecule has 0 heterocycles. The fourth-order valence-corrected chi connectivity index (χ4v) is 3.03. The van der Waals surface area contributed by atoms with Crippen molar-refractivity contribution < 1.29 is 9.53 Å². The number of hydrogen-bond acceptors (Lipinski definition) is 2. The Balaban J connectivity index is 2.66. The molecule has 2 nitrogen and oxygen atoms in total. The van der Waals surface area contributed by atoms with Gasteiger partial charge in [-0.3, -0.25) is 4.79 Å². The second-order valence-corrected chi connectivity index (χ2v) is 7.93. The van der Waals surface area contributed by atoms with Crippen LogP contribution in [0.15, 0.2) is 60.2 Å². The Morgan fingerprint density at radius 1 is 1.04 bits per heavy atom. The third-order valence-corrected chi connectivity index (χ3v) is 4.69. The summed E-state index contributed by atoms with van der Waals surface area (Å²) < 4.78 is 5.53. The minimum absolute atomic E-state index is 0.0160. The van der Waals surface area contributed by atoms with Crippen molar-refractivity contribution in [3.8, 4) is 5.75 Å². The lowest BCUT2D eigenvalue weighted by atomic mass is 9.69. The maximum absolute atomic E-state index is 13.1. The van der Waals surface area contributed by atoms with Crippen LogP contribution in [0, 0.1) is 10.8 Å².